The number of alkyl carbamates (subject to hydrolysis) is 1. The molecule has 0 bridgehead atoms. The summed E-state index contributed by atoms with van der Waals surface area (Å²) in [5.74, 6) is -2.38. The smallest absolute Gasteiger partial charge is 0.408 e. The molecule has 0 aromatic heterocycles. The molecule has 3 atom stereocenters. The molecule has 0 saturated heterocycles. The van der Waals surface area contributed by atoms with Gasteiger partial charge in [0.2, 0.25) is 5.91 Å². The molecule has 0 aliphatic carbocycles. The molecule has 2 N–H and O–H groups in total. The van der Waals surface area contributed by atoms with Gasteiger partial charge in [-0.3, -0.25) is 14.5 Å². The van der Waals surface area contributed by atoms with Gasteiger partial charge in [0.05, 0.1) is 0 Å². The van der Waals surface area contributed by atoms with Gasteiger partial charge < -0.3 is 20.1 Å². The van der Waals surface area contributed by atoms with Crippen molar-refractivity contribution in [3.63, 3.8) is 0 Å². The van der Waals surface area contributed by atoms with E-state index >= 15 is 0 Å². The highest BCUT2D eigenvalue weighted by molar-refractivity contribution is 5.95. The Morgan fingerprint density at radius 1 is 0.864 bits per heavy atom. The first-order valence-electron chi connectivity index (χ1n) is 14.8. The number of ether oxygens (including phenoxy) is 2. The molecule has 2 aromatic rings. The van der Waals surface area contributed by atoms with Crippen molar-refractivity contribution in [2.45, 2.75) is 105 Å². The van der Waals surface area contributed by atoms with Crippen molar-refractivity contribution in [3.8, 4) is 12.5 Å². The summed E-state index contributed by atoms with van der Waals surface area (Å²) in [5, 5.41) is 5.44. The summed E-state index contributed by atoms with van der Waals surface area (Å²) in [6.07, 6.45) is 5.30. The number of nitrogens with zero attached hydrogens (tertiary/aromatic N) is 1. The highest BCUT2D eigenvalue weighted by atomic mass is 16.6. The Bertz CT molecular complexity index is 1350. The lowest BCUT2D eigenvalue weighted by atomic mass is 9.96. The quantitative estimate of drug-likeness (QED) is 0.214. The molecule has 0 heterocycles. The molecule has 0 saturated carbocycles. The van der Waals surface area contributed by atoms with Crippen molar-refractivity contribution in [2.75, 3.05) is 0 Å². The lowest BCUT2D eigenvalue weighted by molar-refractivity contribution is -0.159. The number of terminal acetylenes is 1. The molecule has 2 rings (SSSR count). The summed E-state index contributed by atoms with van der Waals surface area (Å²) < 4.78 is 11.0. The van der Waals surface area contributed by atoms with Crippen LogP contribution in [0.4, 0.5) is 4.79 Å². The minimum atomic E-state index is -1.33. The summed E-state index contributed by atoms with van der Waals surface area (Å²) >= 11 is 0. The van der Waals surface area contributed by atoms with E-state index in [2.05, 4.69) is 16.7 Å². The van der Waals surface area contributed by atoms with E-state index in [9.17, 15) is 19.2 Å². The van der Waals surface area contributed by atoms with E-state index in [4.69, 9.17) is 15.9 Å². The van der Waals surface area contributed by atoms with Crippen LogP contribution >= 0.6 is 0 Å². The molecule has 0 aliphatic rings. The predicted molar refractivity (Wildman–Crippen MR) is 170 cm³/mol. The summed E-state index contributed by atoms with van der Waals surface area (Å²) in [7, 11) is 0. The summed E-state index contributed by atoms with van der Waals surface area (Å²) in [6.45, 7) is 17.6. The third kappa shape index (κ3) is 11.1. The Labute approximate surface area is 262 Å². The monoisotopic (exact) mass is 605 g/mol. The molecule has 238 valence electrons. The largest absolute Gasteiger partial charge is 0.458 e. The molecule has 3 unspecified atom stereocenters. The normalized spacial score (nSPS) is 13.6. The Balaban J connectivity index is 2.58. The number of amides is 3. The summed E-state index contributed by atoms with van der Waals surface area (Å²) in [6, 6.07) is 13.6. The van der Waals surface area contributed by atoms with Crippen molar-refractivity contribution in [2.24, 2.45) is 5.92 Å². The second-order valence-corrected chi connectivity index (χ2v) is 13.3. The van der Waals surface area contributed by atoms with Crippen LogP contribution in [-0.4, -0.2) is 52.1 Å². The summed E-state index contributed by atoms with van der Waals surface area (Å²) in [4.78, 5) is 55.3. The Kier molecular flexibility index (Phi) is 12.2. The first-order chi connectivity index (χ1) is 20.3. The zero-order valence-corrected chi connectivity index (χ0v) is 27.6. The minimum Gasteiger partial charge on any atom is -0.458 e. The van der Waals surface area contributed by atoms with Crippen molar-refractivity contribution in [1.82, 2.24) is 15.5 Å². The number of esters is 1. The molecule has 44 heavy (non-hydrogen) atoms. The standard InChI is InChI=1S/C35H47N3O6/c1-12-38(31(40)28(22(2)3)37-33(42)44-35(9,10)11)29(26-19-23(4)18-24(5)20-26)30(39)36-27(32(41)43-34(6,7)8)21-25-16-14-13-15-17-25/h1,13-20,22,27-29H,21H2,2-11H3,(H,36,39)(H,37,42). The number of rotatable bonds is 10. The van der Waals surface area contributed by atoms with Gasteiger partial charge in [-0.15, -0.1) is 0 Å². The van der Waals surface area contributed by atoms with E-state index in [1.165, 1.54) is 0 Å². The number of hydrogen-bond acceptors (Lipinski definition) is 6. The number of hydrogen-bond donors (Lipinski definition) is 2. The lowest BCUT2D eigenvalue weighted by Gasteiger charge is -2.33. The van der Waals surface area contributed by atoms with Crippen molar-refractivity contribution in [3.05, 3.63) is 70.8 Å². The maximum absolute atomic E-state index is 14.2. The number of benzene rings is 2. The van der Waals surface area contributed by atoms with Crippen LogP contribution in [-0.2, 0) is 30.3 Å². The van der Waals surface area contributed by atoms with Crippen LogP contribution in [0.2, 0.25) is 0 Å². The van der Waals surface area contributed by atoms with Crippen LogP contribution in [0, 0.1) is 32.2 Å². The maximum atomic E-state index is 14.2. The van der Waals surface area contributed by atoms with Crippen molar-refractivity contribution >= 4 is 23.9 Å². The molecular weight excluding hydrogens is 558 g/mol. The third-order valence-corrected chi connectivity index (χ3v) is 6.34. The Hall–Kier alpha value is -4.32. The first kappa shape index (κ1) is 35.9. The van der Waals surface area contributed by atoms with Gasteiger partial charge in [-0.05, 0) is 72.4 Å². The van der Waals surface area contributed by atoms with Crippen LogP contribution in [0.15, 0.2) is 48.5 Å². The van der Waals surface area contributed by atoms with Crippen molar-refractivity contribution in [1.29, 1.82) is 0 Å². The first-order valence-corrected chi connectivity index (χ1v) is 14.8. The van der Waals surface area contributed by atoms with Gasteiger partial charge >= 0.3 is 12.1 Å². The van der Waals surface area contributed by atoms with E-state index < -0.39 is 59.1 Å². The molecule has 0 fully saturated rings. The van der Waals surface area contributed by atoms with Crippen LogP contribution in [0.25, 0.3) is 0 Å². The fraction of sp³-hybridized carbons (Fsp3) is 0.486. The second kappa shape index (κ2) is 14.9. The van der Waals surface area contributed by atoms with E-state index in [0.29, 0.717) is 5.56 Å². The molecule has 9 nitrogen and oxygen atoms in total. The average Bonchev–Trinajstić information content (AvgIpc) is 2.87. The van der Waals surface area contributed by atoms with E-state index in [-0.39, 0.29) is 6.42 Å². The van der Waals surface area contributed by atoms with E-state index in [1.807, 2.05) is 50.2 Å². The topological polar surface area (TPSA) is 114 Å². The predicted octanol–water partition coefficient (Wildman–Crippen LogP) is 5.38. The molecular formula is C35H47N3O6. The van der Waals surface area contributed by atoms with E-state index in [0.717, 1.165) is 21.6 Å². The summed E-state index contributed by atoms with van der Waals surface area (Å²) in [5.41, 5.74) is 1.36. The van der Waals surface area contributed by atoms with Gasteiger partial charge in [-0.25, -0.2) is 9.59 Å². The van der Waals surface area contributed by atoms with Gasteiger partial charge in [0, 0.05) is 12.5 Å². The maximum Gasteiger partial charge on any atom is 0.408 e. The molecule has 0 aliphatic heterocycles. The lowest BCUT2D eigenvalue weighted by Crippen LogP contribution is -2.55. The number of nitrogens with one attached hydrogen (secondary N) is 2. The van der Waals surface area contributed by atoms with Crippen LogP contribution in [0.1, 0.15) is 83.7 Å². The fourth-order valence-electron chi connectivity index (χ4n) is 4.62. The number of aryl methyl sites for hydroxylation is 2. The van der Waals surface area contributed by atoms with Crippen LogP contribution in [0.5, 0.6) is 0 Å². The fourth-order valence-corrected chi connectivity index (χ4v) is 4.62. The SMILES string of the molecule is C#CN(C(=O)C(NC(=O)OC(C)(C)C)C(C)C)C(C(=O)NC(Cc1ccccc1)C(=O)OC(C)(C)C)c1cc(C)cc(C)c1. The second-order valence-electron chi connectivity index (χ2n) is 13.3. The van der Waals surface area contributed by atoms with Crippen LogP contribution in [0.3, 0.4) is 0 Å². The third-order valence-electron chi connectivity index (χ3n) is 6.34. The van der Waals surface area contributed by atoms with Gasteiger partial charge in [-0.1, -0.05) is 79.9 Å². The highest BCUT2D eigenvalue weighted by Crippen LogP contribution is 2.26. The number of carbonyl (C=O) groups is 4. The zero-order chi connectivity index (χ0) is 33.4. The van der Waals surface area contributed by atoms with Crippen LogP contribution < -0.4 is 10.6 Å². The molecule has 0 radical (unpaired) electrons. The zero-order valence-electron chi connectivity index (χ0n) is 27.6. The minimum absolute atomic E-state index is 0.153. The number of carbonyl (C=O) groups excluding carboxylic acids is 4. The molecule has 3 amide bonds. The molecule has 2 aromatic carbocycles. The Morgan fingerprint density at radius 2 is 1.41 bits per heavy atom. The van der Waals surface area contributed by atoms with Gasteiger partial charge in [0.1, 0.15) is 29.3 Å². The molecule has 9 heteroatoms. The van der Waals surface area contributed by atoms with E-state index in [1.54, 1.807) is 67.5 Å². The van der Waals surface area contributed by atoms with Gasteiger partial charge in [-0.2, -0.15) is 0 Å². The van der Waals surface area contributed by atoms with Gasteiger partial charge in [0.15, 0.2) is 0 Å². The highest BCUT2D eigenvalue weighted by Gasteiger charge is 2.39. The Morgan fingerprint density at radius 3 is 1.89 bits per heavy atom. The van der Waals surface area contributed by atoms with Crippen molar-refractivity contribution < 1.29 is 28.7 Å². The van der Waals surface area contributed by atoms with Gasteiger partial charge in [0.25, 0.3) is 5.91 Å². The average molecular weight is 606 g/mol. The molecule has 0 spiro atoms.